The van der Waals surface area contributed by atoms with Crippen molar-refractivity contribution in [3.05, 3.63) is 36.0 Å². The zero-order valence-corrected chi connectivity index (χ0v) is 7.13. The summed E-state index contributed by atoms with van der Waals surface area (Å²) < 4.78 is 12.3. The monoisotopic (exact) mass is 178 g/mol. The zero-order chi connectivity index (χ0) is 9.26. The van der Waals surface area contributed by atoms with Gasteiger partial charge >= 0.3 is 0 Å². The van der Waals surface area contributed by atoms with E-state index in [1.165, 1.54) is 0 Å². The fourth-order valence-corrected chi connectivity index (χ4v) is 1.39. The van der Waals surface area contributed by atoms with E-state index in [0.29, 0.717) is 0 Å². The van der Waals surface area contributed by atoms with E-state index >= 15 is 0 Å². The standard InChI is InChI=1S/C10H11FN2/c11-6-9(12)7-1-2-10-8(5-7)3-4-13-10/h1-5,9,13H,6,12H2/t9-/m0/s1. The molecule has 3 N–H and O–H groups in total. The molecule has 0 spiro atoms. The normalized spacial score (nSPS) is 13.4. The van der Waals surface area contributed by atoms with E-state index in [2.05, 4.69) is 4.98 Å². The van der Waals surface area contributed by atoms with Crippen LogP contribution in [0.15, 0.2) is 30.5 Å². The molecule has 1 atom stereocenters. The van der Waals surface area contributed by atoms with Crippen LogP contribution in [0.3, 0.4) is 0 Å². The number of aromatic nitrogens is 1. The molecule has 0 saturated heterocycles. The lowest BCUT2D eigenvalue weighted by Gasteiger charge is -2.06. The number of rotatable bonds is 2. The summed E-state index contributed by atoms with van der Waals surface area (Å²) in [6.07, 6.45) is 1.86. The summed E-state index contributed by atoms with van der Waals surface area (Å²) in [5.74, 6) is 0. The molecule has 13 heavy (non-hydrogen) atoms. The van der Waals surface area contributed by atoms with Crippen molar-refractivity contribution in [2.45, 2.75) is 6.04 Å². The number of aromatic amines is 1. The first kappa shape index (κ1) is 8.26. The van der Waals surface area contributed by atoms with Crippen molar-refractivity contribution in [2.24, 2.45) is 5.73 Å². The van der Waals surface area contributed by atoms with Crippen LogP contribution in [-0.4, -0.2) is 11.7 Å². The minimum absolute atomic E-state index is 0.501. The van der Waals surface area contributed by atoms with Gasteiger partial charge in [0.1, 0.15) is 6.67 Å². The topological polar surface area (TPSA) is 41.8 Å². The Morgan fingerprint density at radius 1 is 1.38 bits per heavy atom. The van der Waals surface area contributed by atoms with Gasteiger partial charge in [-0.15, -0.1) is 0 Å². The molecular weight excluding hydrogens is 167 g/mol. The van der Waals surface area contributed by atoms with Crippen LogP contribution in [0.25, 0.3) is 10.9 Å². The number of halogens is 1. The Kier molecular flexibility index (Phi) is 2.02. The predicted molar refractivity (Wildman–Crippen MR) is 51.2 cm³/mol. The van der Waals surface area contributed by atoms with Gasteiger partial charge in [0.2, 0.25) is 0 Å². The van der Waals surface area contributed by atoms with Crippen molar-refractivity contribution in [1.82, 2.24) is 4.98 Å². The molecule has 0 radical (unpaired) electrons. The van der Waals surface area contributed by atoms with Crippen molar-refractivity contribution in [1.29, 1.82) is 0 Å². The molecule has 0 bridgehead atoms. The molecular formula is C10H11FN2. The average molecular weight is 178 g/mol. The Morgan fingerprint density at radius 2 is 2.23 bits per heavy atom. The molecule has 0 unspecified atom stereocenters. The summed E-state index contributed by atoms with van der Waals surface area (Å²) >= 11 is 0. The second-order valence-electron chi connectivity index (χ2n) is 3.09. The number of fused-ring (bicyclic) bond motifs is 1. The summed E-state index contributed by atoms with van der Waals surface area (Å²) in [5.41, 5.74) is 7.46. The quantitative estimate of drug-likeness (QED) is 0.726. The molecule has 0 aliphatic carbocycles. The van der Waals surface area contributed by atoms with Crippen LogP contribution in [0.5, 0.6) is 0 Å². The van der Waals surface area contributed by atoms with Crippen LogP contribution in [-0.2, 0) is 0 Å². The molecule has 2 nitrogen and oxygen atoms in total. The first-order valence-electron chi connectivity index (χ1n) is 4.20. The van der Waals surface area contributed by atoms with E-state index in [1.54, 1.807) is 0 Å². The lowest BCUT2D eigenvalue weighted by molar-refractivity contribution is 0.437. The Balaban J connectivity index is 2.48. The highest BCUT2D eigenvalue weighted by Crippen LogP contribution is 2.18. The van der Waals surface area contributed by atoms with Gasteiger partial charge in [-0.25, -0.2) is 4.39 Å². The second kappa shape index (κ2) is 3.18. The highest BCUT2D eigenvalue weighted by molar-refractivity contribution is 5.80. The Morgan fingerprint density at radius 3 is 3.00 bits per heavy atom. The highest BCUT2D eigenvalue weighted by atomic mass is 19.1. The van der Waals surface area contributed by atoms with Gasteiger partial charge in [-0.3, -0.25) is 0 Å². The largest absolute Gasteiger partial charge is 0.361 e. The number of hydrogen-bond donors (Lipinski definition) is 2. The van der Waals surface area contributed by atoms with Crippen molar-refractivity contribution in [2.75, 3.05) is 6.67 Å². The molecule has 1 aromatic carbocycles. The van der Waals surface area contributed by atoms with Crippen LogP contribution in [0.1, 0.15) is 11.6 Å². The Bertz CT molecular complexity index is 408. The van der Waals surface area contributed by atoms with Gasteiger partial charge in [0.15, 0.2) is 0 Å². The van der Waals surface area contributed by atoms with E-state index in [9.17, 15) is 4.39 Å². The minimum Gasteiger partial charge on any atom is -0.361 e. The van der Waals surface area contributed by atoms with Gasteiger partial charge in [0.05, 0.1) is 6.04 Å². The van der Waals surface area contributed by atoms with E-state index in [-0.39, 0.29) is 0 Å². The summed E-state index contributed by atoms with van der Waals surface area (Å²) in [6, 6.07) is 7.13. The molecule has 1 heterocycles. The fraction of sp³-hybridized carbons (Fsp3) is 0.200. The minimum atomic E-state index is -0.518. The fourth-order valence-electron chi connectivity index (χ4n) is 1.39. The van der Waals surface area contributed by atoms with Crippen molar-refractivity contribution in [3.63, 3.8) is 0 Å². The molecule has 0 aliphatic heterocycles. The summed E-state index contributed by atoms with van der Waals surface area (Å²) in [7, 11) is 0. The summed E-state index contributed by atoms with van der Waals surface area (Å²) in [4.78, 5) is 3.07. The van der Waals surface area contributed by atoms with Crippen LogP contribution >= 0.6 is 0 Å². The number of nitrogens with two attached hydrogens (primary N) is 1. The van der Waals surface area contributed by atoms with E-state index in [0.717, 1.165) is 16.5 Å². The predicted octanol–water partition coefficient (Wildman–Crippen LogP) is 2.14. The smallest absolute Gasteiger partial charge is 0.109 e. The molecule has 68 valence electrons. The number of benzene rings is 1. The highest BCUT2D eigenvalue weighted by Gasteiger charge is 2.05. The molecule has 0 fully saturated rings. The summed E-state index contributed by atoms with van der Waals surface area (Å²) in [6.45, 7) is -0.518. The first-order chi connectivity index (χ1) is 6.31. The third-order valence-electron chi connectivity index (χ3n) is 2.17. The third kappa shape index (κ3) is 1.42. The number of alkyl halides is 1. The molecule has 3 heteroatoms. The van der Waals surface area contributed by atoms with Crippen molar-refractivity contribution < 1.29 is 4.39 Å². The molecule has 2 rings (SSSR count). The third-order valence-corrected chi connectivity index (χ3v) is 2.17. The van der Waals surface area contributed by atoms with Crippen molar-refractivity contribution >= 4 is 10.9 Å². The number of H-pyrrole nitrogens is 1. The summed E-state index contributed by atoms with van der Waals surface area (Å²) in [5, 5.41) is 1.07. The lowest BCUT2D eigenvalue weighted by atomic mass is 10.1. The first-order valence-corrected chi connectivity index (χ1v) is 4.20. The number of hydrogen-bond acceptors (Lipinski definition) is 1. The second-order valence-corrected chi connectivity index (χ2v) is 3.09. The SMILES string of the molecule is N[C@@H](CF)c1ccc2[nH]ccc2c1. The van der Waals surface area contributed by atoms with Gasteiger partial charge in [0.25, 0.3) is 0 Å². The lowest BCUT2D eigenvalue weighted by Crippen LogP contribution is -2.11. The molecule has 0 amide bonds. The maximum atomic E-state index is 12.3. The molecule has 1 aromatic heterocycles. The van der Waals surface area contributed by atoms with Crippen LogP contribution in [0.2, 0.25) is 0 Å². The van der Waals surface area contributed by atoms with Gasteiger partial charge < -0.3 is 10.7 Å². The van der Waals surface area contributed by atoms with Crippen molar-refractivity contribution in [3.8, 4) is 0 Å². The van der Waals surface area contributed by atoms with Crippen LogP contribution in [0.4, 0.5) is 4.39 Å². The van der Waals surface area contributed by atoms with E-state index < -0.39 is 12.7 Å². The average Bonchev–Trinajstić information content (AvgIpc) is 2.63. The van der Waals surface area contributed by atoms with Gasteiger partial charge in [0, 0.05) is 11.7 Å². The Labute approximate surface area is 75.6 Å². The van der Waals surface area contributed by atoms with Gasteiger partial charge in [-0.1, -0.05) is 6.07 Å². The molecule has 2 aromatic rings. The van der Waals surface area contributed by atoms with Crippen LogP contribution < -0.4 is 5.73 Å². The maximum absolute atomic E-state index is 12.3. The Hall–Kier alpha value is -1.35. The molecule has 0 saturated carbocycles. The van der Waals surface area contributed by atoms with Gasteiger partial charge in [-0.05, 0) is 29.1 Å². The van der Waals surface area contributed by atoms with Gasteiger partial charge in [-0.2, -0.15) is 0 Å². The van der Waals surface area contributed by atoms with Crippen LogP contribution in [0, 0.1) is 0 Å². The zero-order valence-electron chi connectivity index (χ0n) is 7.13. The maximum Gasteiger partial charge on any atom is 0.109 e. The van der Waals surface area contributed by atoms with E-state index in [1.807, 2.05) is 30.5 Å². The number of nitrogens with one attached hydrogen (secondary N) is 1. The van der Waals surface area contributed by atoms with E-state index in [4.69, 9.17) is 5.73 Å². The molecule has 0 aliphatic rings.